The molecule has 0 saturated carbocycles. The fourth-order valence-corrected chi connectivity index (χ4v) is 8.29. The number of rotatable bonds is 13. The van der Waals surface area contributed by atoms with Gasteiger partial charge >= 0.3 is 6.09 Å². The zero-order chi connectivity index (χ0) is 43.2. The standard InChI is InChI=1S/C48H49N5O9/c1-32-43(29-50-22-24-51(25-23-50)40-18-20-41(21-19-40)53(58)59)61-47(62-45(32)37-12-10-33(30-54)11-13-37)38-16-14-36(15-17-38)39-9-5-8-35(26-39)28-52-44(55)27-42(46(52)56)49-48(57)60-31-34-6-3-2-4-7-34/h2-21,26,32,42-43,45,47,54H,22-25,27-31H2,1H3,(H,49,57)/t32-,42?,43+,45+,47+/m1/s1. The SMILES string of the molecule is C[C@@H]1[C@H](CN2CCN(c3ccc([N+](=O)[O-])cc3)CC2)O[C@H](c2ccc(-c3cccc(CN4C(=O)CC(NC(=O)OCc5ccccc5)C4=O)c3)cc2)O[C@@H]1c1ccc(CO)cc1. The van der Waals surface area contributed by atoms with Crippen LogP contribution in [0.3, 0.4) is 0 Å². The minimum atomic E-state index is -0.993. The molecule has 3 amide bonds. The average Bonchev–Trinajstić information content (AvgIpc) is 3.56. The summed E-state index contributed by atoms with van der Waals surface area (Å²) in [6.45, 7) is 6.09. The number of aliphatic hydroxyl groups is 1. The van der Waals surface area contributed by atoms with E-state index in [0.717, 1.165) is 70.8 Å². The molecule has 2 N–H and O–H groups in total. The molecule has 5 aromatic rings. The molecule has 62 heavy (non-hydrogen) atoms. The normalized spacial score (nSPS) is 21.8. The summed E-state index contributed by atoms with van der Waals surface area (Å²) in [7, 11) is 0. The first-order chi connectivity index (χ1) is 30.1. The van der Waals surface area contributed by atoms with Crippen LogP contribution in [0.5, 0.6) is 0 Å². The van der Waals surface area contributed by atoms with E-state index in [1.165, 1.54) is 4.90 Å². The largest absolute Gasteiger partial charge is 0.445 e. The molecule has 3 aliphatic heterocycles. The minimum absolute atomic E-state index is 0.00910. The van der Waals surface area contributed by atoms with Crippen LogP contribution in [0, 0.1) is 16.0 Å². The Morgan fingerprint density at radius 3 is 2.19 bits per heavy atom. The number of imide groups is 1. The predicted octanol–water partition coefficient (Wildman–Crippen LogP) is 6.92. The summed E-state index contributed by atoms with van der Waals surface area (Å²) in [6.07, 6.45) is -1.98. The van der Waals surface area contributed by atoms with Crippen molar-refractivity contribution in [1.29, 1.82) is 0 Å². The summed E-state index contributed by atoms with van der Waals surface area (Å²) >= 11 is 0. The van der Waals surface area contributed by atoms with Crippen molar-refractivity contribution in [3.05, 3.63) is 165 Å². The molecule has 0 radical (unpaired) electrons. The molecule has 1 unspecified atom stereocenters. The van der Waals surface area contributed by atoms with Crippen molar-refractivity contribution in [3.8, 4) is 11.1 Å². The fourth-order valence-electron chi connectivity index (χ4n) is 8.29. The van der Waals surface area contributed by atoms with E-state index >= 15 is 0 Å². The van der Waals surface area contributed by atoms with Gasteiger partial charge in [0.15, 0.2) is 6.29 Å². The number of carbonyl (C=O) groups excluding carboxylic acids is 3. The number of hydrogen-bond donors (Lipinski definition) is 2. The van der Waals surface area contributed by atoms with Crippen LogP contribution in [0.15, 0.2) is 127 Å². The zero-order valence-corrected chi connectivity index (χ0v) is 34.4. The summed E-state index contributed by atoms with van der Waals surface area (Å²) in [5.41, 5.74) is 7.13. The Balaban J connectivity index is 0.917. The molecular formula is C48H49N5O9. The fraction of sp³-hybridized carbons (Fsp3) is 0.312. The Morgan fingerprint density at radius 2 is 1.50 bits per heavy atom. The van der Waals surface area contributed by atoms with Crippen molar-refractivity contribution in [2.45, 2.75) is 57.6 Å². The number of carbonyl (C=O) groups is 3. The van der Waals surface area contributed by atoms with E-state index in [9.17, 15) is 29.6 Å². The van der Waals surface area contributed by atoms with Gasteiger partial charge in [0.2, 0.25) is 5.91 Å². The monoisotopic (exact) mass is 839 g/mol. The van der Waals surface area contributed by atoms with Crippen molar-refractivity contribution in [1.82, 2.24) is 15.1 Å². The number of ether oxygens (including phenoxy) is 3. The molecule has 14 nitrogen and oxygen atoms in total. The van der Waals surface area contributed by atoms with Crippen molar-refractivity contribution >= 4 is 29.3 Å². The highest BCUT2D eigenvalue weighted by Crippen LogP contribution is 2.42. The maximum atomic E-state index is 13.2. The maximum absolute atomic E-state index is 13.2. The van der Waals surface area contributed by atoms with E-state index in [1.54, 1.807) is 24.3 Å². The number of aliphatic hydroxyl groups excluding tert-OH is 1. The van der Waals surface area contributed by atoms with Gasteiger partial charge < -0.3 is 29.5 Å². The lowest BCUT2D eigenvalue weighted by Crippen LogP contribution is -2.51. The van der Waals surface area contributed by atoms with Gasteiger partial charge in [0, 0.05) is 62.0 Å². The number of benzene rings is 5. The number of likely N-dealkylation sites (tertiary alicyclic amines) is 1. The first kappa shape index (κ1) is 42.2. The molecule has 0 spiro atoms. The van der Waals surface area contributed by atoms with E-state index in [2.05, 4.69) is 22.0 Å². The number of hydrogen-bond acceptors (Lipinski definition) is 11. The van der Waals surface area contributed by atoms with Gasteiger partial charge in [-0.3, -0.25) is 29.5 Å². The van der Waals surface area contributed by atoms with Gasteiger partial charge in [-0.2, -0.15) is 0 Å². The molecular weight excluding hydrogens is 791 g/mol. The van der Waals surface area contributed by atoms with Gasteiger partial charge in [-0.1, -0.05) is 104 Å². The molecule has 0 aromatic heterocycles. The highest BCUT2D eigenvalue weighted by atomic mass is 16.7. The van der Waals surface area contributed by atoms with Gasteiger partial charge in [-0.15, -0.1) is 0 Å². The average molecular weight is 840 g/mol. The molecule has 3 saturated heterocycles. The first-order valence-corrected chi connectivity index (χ1v) is 20.8. The molecule has 0 bridgehead atoms. The second kappa shape index (κ2) is 19.1. The molecule has 5 atom stereocenters. The number of alkyl carbamates (subject to hydrolysis) is 1. The molecule has 8 rings (SSSR count). The van der Waals surface area contributed by atoms with Crippen LogP contribution >= 0.6 is 0 Å². The van der Waals surface area contributed by atoms with Gasteiger partial charge in [0.05, 0.1) is 36.7 Å². The number of nitrogens with one attached hydrogen (secondary N) is 1. The Kier molecular flexibility index (Phi) is 13.0. The third-order valence-corrected chi connectivity index (χ3v) is 11.9. The number of piperazine rings is 1. The Morgan fingerprint density at radius 1 is 0.806 bits per heavy atom. The summed E-state index contributed by atoms with van der Waals surface area (Å²) in [6, 6.07) is 38.4. The third-order valence-electron chi connectivity index (χ3n) is 11.9. The second-order valence-electron chi connectivity index (χ2n) is 16.0. The molecule has 3 fully saturated rings. The topological polar surface area (TPSA) is 164 Å². The van der Waals surface area contributed by atoms with Crippen LogP contribution in [0.2, 0.25) is 0 Å². The molecule has 5 aromatic carbocycles. The van der Waals surface area contributed by atoms with Crippen LogP contribution in [0.4, 0.5) is 16.2 Å². The molecule has 320 valence electrons. The van der Waals surface area contributed by atoms with Gasteiger partial charge in [0.1, 0.15) is 12.6 Å². The summed E-state index contributed by atoms with van der Waals surface area (Å²) < 4.78 is 18.8. The number of nitrogens with zero attached hydrogens (tertiary/aromatic N) is 4. The van der Waals surface area contributed by atoms with Crippen LogP contribution < -0.4 is 10.2 Å². The Hall–Kier alpha value is -6.45. The predicted molar refractivity (Wildman–Crippen MR) is 230 cm³/mol. The zero-order valence-electron chi connectivity index (χ0n) is 34.4. The lowest BCUT2D eigenvalue weighted by molar-refractivity contribution is -0.384. The molecule has 0 aliphatic carbocycles. The van der Waals surface area contributed by atoms with E-state index in [0.29, 0.717) is 6.54 Å². The number of nitro benzene ring substituents is 1. The first-order valence-electron chi connectivity index (χ1n) is 20.8. The van der Waals surface area contributed by atoms with Gasteiger partial charge in [-0.25, -0.2) is 4.79 Å². The van der Waals surface area contributed by atoms with Crippen molar-refractivity contribution < 1.29 is 38.6 Å². The van der Waals surface area contributed by atoms with Crippen LogP contribution in [0.25, 0.3) is 11.1 Å². The molecule has 3 heterocycles. The summed E-state index contributed by atoms with van der Waals surface area (Å²) in [5, 5.41) is 23.4. The lowest BCUT2D eigenvalue weighted by Gasteiger charge is -2.44. The van der Waals surface area contributed by atoms with E-state index in [4.69, 9.17) is 14.2 Å². The smallest absolute Gasteiger partial charge is 0.408 e. The van der Waals surface area contributed by atoms with Gasteiger partial charge in [0.25, 0.3) is 11.6 Å². The van der Waals surface area contributed by atoms with E-state index in [1.807, 2.05) is 103 Å². The van der Waals surface area contributed by atoms with E-state index in [-0.39, 0.29) is 60.8 Å². The number of amides is 3. The maximum Gasteiger partial charge on any atom is 0.408 e. The number of anilines is 1. The van der Waals surface area contributed by atoms with E-state index < -0.39 is 24.3 Å². The van der Waals surface area contributed by atoms with Crippen molar-refractivity contribution in [2.75, 3.05) is 37.6 Å². The van der Waals surface area contributed by atoms with Crippen molar-refractivity contribution in [2.24, 2.45) is 5.92 Å². The molecule has 14 heteroatoms. The second-order valence-corrected chi connectivity index (χ2v) is 16.0. The summed E-state index contributed by atoms with van der Waals surface area (Å²) in [5.74, 6) is -0.839. The Bertz CT molecular complexity index is 2350. The van der Waals surface area contributed by atoms with Crippen LogP contribution in [-0.4, -0.2) is 82.6 Å². The minimum Gasteiger partial charge on any atom is -0.445 e. The summed E-state index contributed by atoms with van der Waals surface area (Å²) in [4.78, 5) is 55.2. The number of non-ortho nitro benzene ring substituents is 1. The highest BCUT2D eigenvalue weighted by Gasteiger charge is 2.41. The number of nitro groups is 1. The quantitative estimate of drug-likeness (QED) is 0.0719. The van der Waals surface area contributed by atoms with Crippen molar-refractivity contribution in [3.63, 3.8) is 0 Å². The lowest BCUT2D eigenvalue weighted by atomic mass is 9.89. The molecule has 3 aliphatic rings. The van der Waals surface area contributed by atoms with Crippen LogP contribution in [0.1, 0.15) is 53.6 Å². The van der Waals surface area contributed by atoms with Crippen LogP contribution in [-0.2, 0) is 43.6 Å². The van der Waals surface area contributed by atoms with Gasteiger partial charge in [-0.05, 0) is 51.6 Å². The Labute approximate surface area is 359 Å². The third kappa shape index (κ3) is 9.85. The highest BCUT2D eigenvalue weighted by molar-refractivity contribution is 6.06.